The van der Waals surface area contributed by atoms with E-state index in [-0.39, 0.29) is 0 Å². The maximum Gasteiger partial charge on any atom is 0.336 e. The molecule has 0 saturated heterocycles. The van der Waals surface area contributed by atoms with Gasteiger partial charge in [-0.1, -0.05) is 55.1 Å². The van der Waals surface area contributed by atoms with E-state index in [2.05, 4.69) is 6.58 Å². The van der Waals surface area contributed by atoms with Gasteiger partial charge in [0.1, 0.15) is 0 Å². The van der Waals surface area contributed by atoms with Crippen LogP contribution >= 0.6 is 0 Å². The lowest BCUT2D eigenvalue weighted by molar-refractivity contribution is 0.0698. The highest BCUT2D eigenvalue weighted by atomic mass is 16.4. The third-order valence-electron chi connectivity index (χ3n) is 3.55. The molecule has 0 fully saturated rings. The number of carbonyl (C=O) groups is 1. The van der Waals surface area contributed by atoms with E-state index < -0.39 is 5.97 Å². The summed E-state index contributed by atoms with van der Waals surface area (Å²) in [6, 6.07) is 19.2. The Hall–Kier alpha value is -2.87. The zero-order valence-corrected chi connectivity index (χ0v) is 11.4. The fraction of sp³-hybridized carbons (Fsp3) is 0. The van der Waals surface area contributed by atoms with Crippen LogP contribution in [-0.2, 0) is 0 Å². The average Bonchev–Trinajstić information content (AvgIpc) is 2.53. The molecule has 3 rings (SSSR count). The number of hydrogen-bond donors (Lipinski definition) is 1. The number of hydrogen-bond acceptors (Lipinski definition) is 1. The van der Waals surface area contributed by atoms with Crippen molar-refractivity contribution in [1.29, 1.82) is 0 Å². The van der Waals surface area contributed by atoms with Crippen LogP contribution in [0.15, 0.2) is 67.2 Å². The Morgan fingerprint density at radius 3 is 2.33 bits per heavy atom. The zero-order valence-electron chi connectivity index (χ0n) is 11.4. The number of fused-ring (bicyclic) bond motifs is 1. The van der Waals surface area contributed by atoms with Gasteiger partial charge in [-0.05, 0) is 45.7 Å². The molecule has 0 radical (unpaired) electrons. The molecule has 0 aliphatic carbocycles. The third-order valence-corrected chi connectivity index (χ3v) is 3.55. The summed E-state index contributed by atoms with van der Waals surface area (Å²) >= 11 is 0. The number of carboxylic acids is 1. The highest BCUT2D eigenvalue weighted by molar-refractivity contribution is 6.02. The van der Waals surface area contributed by atoms with Crippen molar-refractivity contribution in [2.75, 3.05) is 0 Å². The molecule has 3 aromatic carbocycles. The predicted molar refractivity (Wildman–Crippen MR) is 86.4 cm³/mol. The standard InChI is InChI=1S/C19H14O2/c1-2-13-6-5-9-16(10-13)17-11-14-7-3-4-8-15(14)12-18(17)19(20)21/h2-12H,1H2,(H,20,21). The van der Waals surface area contributed by atoms with Crippen molar-refractivity contribution in [1.82, 2.24) is 0 Å². The molecular formula is C19H14O2. The van der Waals surface area contributed by atoms with Crippen LogP contribution in [0.3, 0.4) is 0 Å². The quantitative estimate of drug-likeness (QED) is 0.741. The van der Waals surface area contributed by atoms with Gasteiger partial charge in [-0.25, -0.2) is 4.79 Å². The van der Waals surface area contributed by atoms with Crippen LogP contribution in [0, 0.1) is 0 Å². The van der Waals surface area contributed by atoms with E-state index in [9.17, 15) is 9.90 Å². The minimum atomic E-state index is -0.917. The maximum atomic E-state index is 11.6. The largest absolute Gasteiger partial charge is 0.478 e. The monoisotopic (exact) mass is 274 g/mol. The molecule has 0 unspecified atom stereocenters. The number of benzene rings is 3. The summed E-state index contributed by atoms with van der Waals surface area (Å²) in [6.07, 6.45) is 1.75. The van der Waals surface area contributed by atoms with Crippen LogP contribution in [0.1, 0.15) is 15.9 Å². The van der Waals surface area contributed by atoms with Gasteiger partial charge < -0.3 is 5.11 Å². The second-order valence-corrected chi connectivity index (χ2v) is 4.88. The lowest BCUT2D eigenvalue weighted by atomic mass is 9.94. The van der Waals surface area contributed by atoms with E-state index in [1.54, 1.807) is 12.1 Å². The molecule has 0 saturated carbocycles. The van der Waals surface area contributed by atoms with Crippen molar-refractivity contribution >= 4 is 22.8 Å². The molecular weight excluding hydrogens is 260 g/mol. The summed E-state index contributed by atoms with van der Waals surface area (Å²) in [6.45, 7) is 3.76. The lowest BCUT2D eigenvalue weighted by Crippen LogP contribution is -2.00. The SMILES string of the molecule is C=Cc1cccc(-c2cc3ccccc3cc2C(=O)O)c1. The molecule has 0 heterocycles. The average molecular weight is 274 g/mol. The van der Waals surface area contributed by atoms with Crippen LogP contribution in [0.25, 0.3) is 28.0 Å². The van der Waals surface area contributed by atoms with Crippen LogP contribution < -0.4 is 0 Å². The normalized spacial score (nSPS) is 10.5. The molecule has 2 heteroatoms. The van der Waals surface area contributed by atoms with E-state index in [0.29, 0.717) is 5.56 Å². The van der Waals surface area contributed by atoms with Crippen LogP contribution in [0.5, 0.6) is 0 Å². The summed E-state index contributed by atoms with van der Waals surface area (Å²) in [4.78, 5) is 11.6. The maximum absolute atomic E-state index is 11.6. The molecule has 0 aliphatic heterocycles. The minimum absolute atomic E-state index is 0.315. The molecule has 0 aromatic heterocycles. The van der Waals surface area contributed by atoms with Gasteiger partial charge in [-0.15, -0.1) is 0 Å². The van der Waals surface area contributed by atoms with Gasteiger partial charge >= 0.3 is 5.97 Å². The molecule has 0 spiro atoms. The van der Waals surface area contributed by atoms with Crippen molar-refractivity contribution in [2.45, 2.75) is 0 Å². The Morgan fingerprint density at radius 1 is 0.952 bits per heavy atom. The van der Waals surface area contributed by atoms with Crippen molar-refractivity contribution in [3.63, 3.8) is 0 Å². The van der Waals surface area contributed by atoms with E-state index in [0.717, 1.165) is 27.5 Å². The minimum Gasteiger partial charge on any atom is -0.478 e. The summed E-state index contributed by atoms with van der Waals surface area (Å²) in [5.41, 5.74) is 2.90. The summed E-state index contributed by atoms with van der Waals surface area (Å²) < 4.78 is 0. The number of rotatable bonds is 3. The molecule has 21 heavy (non-hydrogen) atoms. The van der Waals surface area contributed by atoms with E-state index in [1.807, 2.05) is 54.6 Å². The van der Waals surface area contributed by atoms with Crippen molar-refractivity contribution in [3.8, 4) is 11.1 Å². The van der Waals surface area contributed by atoms with Gasteiger partial charge in [0, 0.05) is 0 Å². The van der Waals surface area contributed by atoms with Gasteiger partial charge in [0.15, 0.2) is 0 Å². The van der Waals surface area contributed by atoms with Crippen LogP contribution in [-0.4, -0.2) is 11.1 Å². The molecule has 3 aromatic rings. The van der Waals surface area contributed by atoms with Gasteiger partial charge in [0.2, 0.25) is 0 Å². The molecule has 0 bridgehead atoms. The third kappa shape index (κ3) is 2.43. The summed E-state index contributed by atoms with van der Waals surface area (Å²) in [5.74, 6) is -0.917. The number of aromatic carboxylic acids is 1. The van der Waals surface area contributed by atoms with Crippen molar-refractivity contribution in [3.05, 3.63) is 78.4 Å². The summed E-state index contributed by atoms with van der Waals surface area (Å²) in [5, 5.41) is 11.5. The van der Waals surface area contributed by atoms with Crippen molar-refractivity contribution in [2.24, 2.45) is 0 Å². The lowest BCUT2D eigenvalue weighted by Gasteiger charge is -2.09. The highest BCUT2D eigenvalue weighted by Gasteiger charge is 2.13. The van der Waals surface area contributed by atoms with Gasteiger partial charge in [-0.3, -0.25) is 0 Å². The number of carboxylic acid groups (broad SMARTS) is 1. The first-order valence-corrected chi connectivity index (χ1v) is 6.68. The Labute approximate surface area is 123 Å². The fourth-order valence-corrected chi connectivity index (χ4v) is 2.49. The Bertz CT molecular complexity index is 847. The molecule has 2 nitrogen and oxygen atoms in total. The first-order chi connectivity index (χ1) is 10.2. The second-order valence-electron chi connectivity index (χ2n) is 4.88. The topological polar surface area (TPSA) is 37.3 Å². The zero-order chi connectivity index (χ0) is 14.8. The first-order valence-electron chi connectivity index (χ1n) is 6.68. The molecule has 0 atom stereocenters. The van der Waals surface area contributed by atoms with Crippen LogP contribution in [0.4, 0.5) is 0 Å². The highest BCUT2D eigenvalue weighted by Crippen LogP contribution is 2.29. The first kappa shape index (κ1) is 13.1. The van der Waals surface area contributed by atoms with Gasteiger partial charge in [-0.2, -0.15) is 0 Å². The van der Waals surface area contributed by atoms with Crippen LogP contribution in [0.2, 0.25) is 0 Å². The van der Waals surface area contributed by atoms with Crippen molar-refractivity contribution < 1.29 is 9.90 Å². The molecule has 0 aliphatic rings. The van der Waals surface area contributed by atoms with E-state index >= 15 is 0 Å². The molecule has 0 amide bonds. The van der Waals surface area contributed by atoms with Gasteiger partial charge in [0.05, 0.1) is 5.56 Å². The van der Waals surface area contributed by atoms with E-state index in [1.165, 1.54) is 0 Å². The Kier molecular flexibility index (Phi) is 3.28. The second kappa shape index (κ2) is 5.25. The molecule has 1 N–H and O–H groups in total. The Balaban J connectivity index is 2.31. The molecule has 102 valence electrons. The summed E-state index contributed by atoms with van der Waals surface area (Å²) in [7, 11) is 0. The van der Waals surface area contributed by atoms with E-state index in [4.69, 9.17) is 0 Å². The van der Waals surface area contributed by atoms with Gasteiger partial charge in [0.25, 0.3) is 0 Å². The predicted octanol–water partition coefficient (Wildman–Crippen LogP) is 4.85. The fourth-order valence-electron chi connectivity index (χ4n) is 2.49. The Morgan fingerprint density at radius 2 is 1.67 bits per heavy atom. The smallest absolute Gasteiger partial charge is 0.336 e.